The van der Waals surface area contributed by atoms with Gasteiger partial charge in [0.15, 0.2) is 5.82 Å². The molecule has 3 nitrogen and oxygen atoms in total. The van der Waals surface area contributed by atoms with Crippen LogP contribution >= 0.6 is 11.6 Å². The SMILES string of the molecule is CC(=O)Cc1ccc(Cc2cc(C3CC3)nc(-c3cccc(Cl)c3)n2)cc1. The third-order valence-corrected chi connectivity index (χ3v) is 4.97. The van der Waals surface area contributed by atoms with Crippen molar-refractivity contribution >= 4 is 17.4 Å². The first-order chi connectivity index (χ1) is 13.1. The molecule has 0 N–H and O–H groups in total. The van der Waals surface area contributed by atoms with E-state index in [0.717, 1.165) is 34.8 Å². The van der Waals surface area contributed by atoms with Gasteiger partial charge in [0.2, 0.25) is 0 Å². The van der Waals surface area contributed by atoms with Gasteiger partial charge in [-0.2, -0.15) is 0 Å². The van der Waals surface area contributed by atoms with Crippen molar-refractivity contribution in [3.05, 3.63) is 82.1 Å². The van der Waals surface area contributed by atoms with Crippen LogP contribution in [0.25, 0.3) is 11.4 Å². The number of Topliss-reactive ketones (excluding diaryl/α,β-unsaturated/α-hetero) is 1. The van der Waals surface area contributed by atoms with Crippen molar-refractivity contribution < 1.29 is 4.79 Å². The second kappa shape index (κ2) is 7.61. The van der Waals surface area contributed by atoms with Gasteiger partial charge < -0.3 is 0 Å². The van der Waals surface area contributed by atoms with Crippen LogP contribution in [0.4, 0.5) is 0 Å². The van der Waals surface area contributed by atoms with Crippen molar-refractivity contribution in [1.29, 1.82) is 0 Å². The molecule has 1 saturated carbocycles. The minimum absolute atomic E-state index is 0.179. The van der Waals surface area contributed by atoms with Crippen molar-refractivity contribution in [2.75, 3.05) is 0 Å². The van der Waals surface area contributed by atoms with Crippen LogP contribution in [0, 0.1) is 0 Å². The number of halogens is 1. The molecule has 0 unspecified atom stereocenters. The Kier molecular flexibility index (Phi) is 5.04. The molecule has 2 aromatic carbocycles. The van der Waals surface area contributed by atoms with Gasteiger partial charge in [-0.15, -0.1) is 0 Å². The lowest BCUT2D eigenvalue weighted by Gasteiger charge is -2.09. The standard InChI is InChI=1S/C23H21ClN2O/c1-15(27)11-16-5-7-17(8-6-16)12-21-14-22(18-9-10-18)26-23(25-21)19-3-2-4-20(24)13-19/h2-8,13-14,18H,9-12H2,1H3. The van der Waals surface area contributed by atoms with Crippen LogP contribution in [-0.2, 0) is 17.6 Å². The largest absolute Gasteiger partial charge is 0.300 e. The average Bonchev–Trinajstić information content (AvgIpc) is 3.48. The van der Waals surface area contributed by atoms with E-state index in [-0.39, 0.29) is 5.78 Å². The van der Waals surface area contributed by atoms with E-state index in [1.165, 1.54) is 18.4 Å². The predicted octanol–water partition coefficient (Wildman–Crippen LogP) is 5.40. The molecule has 0 amide bonds. The molecule has 0 radical (unpaired) electrons. The molecular formula is C23H21ClN2O. The highest BCUT2D eigenvalue weighted by Gasteiger charge is 2.26. The molecule has 1 heterocycles. The zero-order chi connectivity index (χ0) is 18.8. The summed E-state index contributed by atoms with van der Waals surface area (Å²) in [5.41, 5.74) is 5.32. The van der Waals surface area contributed by atoms with Gasteiger partial charge in [0.25, 0.3) is 0 Å². The van der Waals surface area contributed by atoms with Crippen LogP contribution < -0.4 is 0 Å². The Morgan fingerprint density at radius 2 is 1.78 bits per heavy atom. The van der Waals surface area contributed by atoms with Crippen LogP contribution in [0.1, 0.15) is 48.2 Å². The molecule has 3 aromatic rings. The molecule has 0 saturated heterocycles. The first-order valence-electron chi connectivity index (χ1n) is 9.28. The van der Waals surface area contributed by atoms with E-state index < -0.39 is 0 Å². The highest BCUT2D eigenvalue weighted by atomic mass is 35.5. The molecule has 4 heteroatoms. The Bertz CT molecular complexity index is 978. The zero-order valence-electron chi connectivity index (χ0n) is 15.3. The summed E-state index contributed by atoms with van der Waals surface area (Å²) in [5.74, 6) is 1.48. The van der Waals surface area contributed by atoms with Crippen molar-refractivity contribution in [1.82, 2.24) is 9.97 Å². The molecular weight excluding hydrogens is 356 g/mol. The summed E-state index contributed by atoms with van der Waals surface area (Å²) in [7, 11) is 0. The van der Waals surface area contributed by atoms with Crippen LogP contribution in [0.3, 0.4) is 0 Å². The number of nitrogens with zero attached hydrogens (tertiary/aromatic N) is 2. The fourth-order valence-electron chi connectivity index (χ4n) is 3.23. The lowest BCUT2D eigenvalue weighted by atomic mass is 10.0. The van der Waals surface area contributed by atoms with Gasteiger partial charge in [-0.05, 0) is 49.1 Å². The van der Waals surface area contributed by atoms with E-state index in [1.54, 1.807) is 6.92 Å². The average molecular weight is 377 g/mol. The van der Waals surface area contributed by atoms with Gasteiger partial charge in [0, 0.05) is 40.7 Å². The minimum atomic E-state index is 0.179. The maximum Gasteiger partial charge on any atom is 0.159 e. The monoisotopic (exact) mass is 376 g/mol. The first kappa shape index (κ1) is 17.9. The van der Waals surface area contributed by atoms with Gasteiger partial charge in [0.05, 0.1) is 0 Å². The molecule has 0 bridgehead atoms. The number of carbonyl (C=O) groups excluding carboxylic acids is 1. The van der Waals surface area contributed by atoms with Crippen LogP contribution in [-0.4, -0.2) is 15.8 Å². The fraction of sp³-hybridized carbons (Fsp3) is 0.261. The lowest BCUT2D eigenvalue weighted by molar-refractivity contribution is -0.116. The van der Waals surface area contributed by atoms with Gasteiger partial charge in [-0.1, -0.05) is 48.0 Å². The minimum Gasteiger partial charge on any atom is -0.300 e. The Balaban J connectivity index is 1.63. The maximum absolute atomic E-state index is 11.3. The van der Waals surface area contributed by atoms with Crippen molar-refractivity contribution in [3.8, 4) is 11.4 Å². The van der Waals surface area contributed by atoms with Crippen molar-refractivity contribution in [2.24, 2.45) is 0 Å². The second-order valence-corrected chi connectivity index (χ2v) is 7.70. The number of hydrogen-bond donors (Lipinski definition) is 0. The molecule has 27 heavy (non-hydrogen) atoms. The van der Waals surface area contributed by atoms with Gasteiger partial charge in [-0.3, -0.25) is 4.79 Å². The zero-order valence-corrected chi connectivity index (χ0v) is 16.0. The molecule has 1 aliphatic carbocycles. The first-order valence-corrected chi connectivity index (χ1v) is 9.65. The highest BCUT2D eigenvalue weighted by molar-refractivity contribution is 6.30. The number of rotatable bonds is 6. The molecule has 1 aliphatic rings. The smallest absolute Gasteiger partial charge is 0.159 e. The Labute approximate surface area is 164 Å². The number of aromatic nitrogens is 2. The summed E-state index contributed by atoms with van der Waals surface area (Å²) >= 11 is 6.15. The highest BCUT2D eigenvalue weighted by Crippen LogP contribution is 2.39. The van der Waals surface area contributed by atoms with E-state index in [0.29, 0.717) is 17.4 Å². The van der Waals surface area contributed by atoms with E-state index in [2.05, 4.69) is 18.2 Å². The van der Waals surface area contributed by atoms with Crippen LogP contribution in [0.15, 0.2) is 54.6 Å². The molecule has 1 aromatic heterocycles. The fourth-order valence-corrected chi connectivity index (χ4v) is 3.42. The third-order valence-electron chi connectivity index (χ3n) is 4.74. The van der Waals surface area contributed by atoms with E-state index in [1.807, 2.05) is 36.4 Å². The molecule has 0 atom stereocenters. The molecule has 4 rings (SSSR count). The molecule has 136 valence electrons. The van der Waals surface area contributed by atoms with Crippen LogP contribution in [0.5, 0.6) is 0 Å². The summed E-state index contributed by atoms with van der Waals surface area (Å²) in [4.78, 5) is 20.9. The maximum atomic E-state index is 11.3. The predicted molar refractivity (Wildman–Crippen MR) is 108 cm³/mol. The Hall–Kier alpha value is -2.52. The van der Waals surface area contributed by atoms with E-state index >= 15 is 0 Å². The normalized spacial score (nSPS) is 13.6. The molecule has 0 aliphatic heterocycles. The van der Waals surface area contributed by atoms with Crippen molar-refractivity contribution in [3.63, 3.8) is 0 Å². The van der Waals surface area contributed by atoms with Crippen molar-refractivity contribution in [2.45, 2.75) is 38.5 Å². The quantitative estimate of drug-likeness (QED) is 0.578. The van der Waals surface area contributed by atoms with Gasteiger partial charge in [0.1, 0.15) is 5.78 Å². The Morgan fingerprint density at radius 1 is 1.04 bits per heavy atom. The van der Waals surface area contributed by atoms with Gasteiger partial charge in [-0.25, -0.2) is 9.97 Å². The summed E-state index contributed by atoms with van der Waals surface area (Å²) in [6.07, 6.45) is 3.63. The second-order valence-electron chi connectivity index (χ2n) is 7.26. The summed E-state index contributed by atoms with van der Waals surface area (Å²) in [6.45, 7) is 1.62. The van der Waals surface area contributed by atoms with E-state index in [9.17, 15) is 4.79 Å². The Morgan fingerprint density at radius 3 is 2.44 bits per heavy atom. The summed E-state index contributed by atoms with van der Waals surface area (Å²) in [6, 6.07) is 18.0. The number of ketones is 1. The number of carbonyl (C=O) groups is 1. The van der Waals surface area contributed by atoms with Crippen LogP contribution in [0.2, 0.25) is 5.02 Å². The lowest BCUT2D eigenvalue weighted by Crippen LogP contribution is -2.01. The number of hydrogen-bond acceptors (Lipinski definition) is 3. The summed E-state index contributed by atoms with van der Waals surface area (Å²) in [5, 5.41) is 0.690. The summed E-state index contributed by atoms with van der Waals surface area (Å²) < 4.78 is 0. The number of benzene rings is 2. The topological polar surface area (TPSA) is 42.9 Å². The van der Waals surface area contributed by atoms with Gasteiger partial charge >= 0.3 is 0 Å². The van der Waals surface area contributed by atoms with E-state index in [4.69, 9.17) is 21.6 Å². The molecule has 0 spiro atoms. The third kappa shape index (κ3) is 4.61. The molecule has 1 fully saturated rings.